The van der Waals surface area contributed by atoms with E-state index in [-0.39, 0.29) is 36.4 Å². The van der Waals surface area contributed by atoms with Crippen LogP contribution in [0.1, 0.15) is 94.5 Å². The number of carbonyl (C=O) groups excluding carboxylic acids is 1. The van der Waals surface area contributed by atoms with E-state index in [2.05, 4.69) is 71.1 Å². The smallest absolute Gasteiger partial charge is 0.326 e. The maximum absolute atomic E-state index is 12.3. The van der Waals surface area contributed by atoms with Crippen LogP contribution in [0.4, 0.5) is 0 Å². The standard InChI is InChI=1S/C33H47NO7/c1-8-33(9-2,24-12-10-23(21(3)18-24)11-16-28(35)32(5,6)7)25-13-15-27(22(4)19-25)41-20-29(36)34-26(31(39)40)14-17-30(37)38/h10,12-13,15,18-19,26,28,35H,8-9,11,14,16-17,20H2,1-7H3,(H,34,36)(H,37,38)(H,39,40)/t26-,28?/m1/s1. The van der Waals surface area contributed by atoms with Gasteiger partial charge in [0, 0.05) is 11.8 Å². The highest BCUT2D eigenvalue weighted by atomic mass is 16.5. The van der Waals surface area contributed by atoms with Crippen LogP contribution in [0.15, 0.2) is 36.4 Å². The van der Waals surface area contributed by atoms with Gasteiger partial charge in [0.25, 0.3) is 5.91 Å². The molecule has 226 valence electrons. The van der Waals surface area contributed by atoms with Gasteiger partial charge in [-0.2, -0.15) is 0 Å². The molecule has 1 amide bonds. The van der Waals surface area contributed by atoms with Crippen LogP contribution < -0.4 is 10.1 Å². The summed E-state index contributed by atoms with van der Waals surface area (Å²) in [6.07, 6.45) is 2.38. The number of hydrogen-bond acceptors (Lipinski definition) is 5. The number of aryl methyl sites for hydroxylation is 3. The zero-order chi connectivity index (χ0) is 31.0. The number of carboxylic acid groups (broad SMARTS) is 2. The average Bonchev–Trinajstić information content (AvgIpc) is 2.90. The number of nitrogens with one attached hydrogen (secondary N) is 1. The monoisotopic (exact) mass is 569 g/mol. The van der Waals surface area contributed by atoms with E-state index < -0.39 is 23.9 Å². The first-order chi connectivity index (χ1) is 19.1. The lowest BCUT2D eigenvalue weighted by Crippen LogP contribution is -2.43. The molecule has 0 fully saturated rings. The number of benzene rings is 2. The molecule has 0 saturated heterocycles. The number of ether oxygens (including phenoxy) is 1. The summed E-state index contributed by atoms with van der Waals surface area (Å²) < 4.78 is 5.71. The average molecular weight is 570 g/mol. The van der Waals surface area contributed by atoms with Crippen molar-refractivity contribution in [3.05, 3.63) is 64.2 Å². The zero-order valence-electron chi connectivity index (χ0n) is 25.5. The van der Waals surface area contributed by atoms with Gasteiger partial charge in [0.2, 0.25) is 0 Å². The molecule has 0 spiro atoms. The van der Waals surface area contributed by atoms with Gasteiger partial charge in [-0.15, -0.1) is 0 Å². The number of hydrogen-bond donors (Lipinski definition) is 4. The first-order valence-electron chi connectivity index (χ1n) is 14.4. The van der Waals surface area contributed by atoms with E-state index >= 15 is 0 Å². The molecule has 2 rings (SSSR count). The van der Waals surface area contributed by atoms with Crippen molar-refractivity contribution in [2.75, 3.05) is 6.61 Å². The lowest BCUT2D eigenvalue weighted by molar-refractivity contribution is -0.143. The fraction of sp³-hybridized carbons (Fsp3) is 0.545. The fourth-order valence-electron chi connectivity index (χ4n) is 5.25. The van der Waals surface area contributed by atoms with E-state index in [1.165, 1.54) is 16.7 Å². The minimum absolute atomic E-state index is 0.145. The molecule has 8 nitrogen and oxygen atoms in total. The molecule has 0 aliphatic rings. The maximum Gasteiger partial charge on any atom is 0.326 e. The van der Waals surface area contributed by atoms with Crippen molar-refractivity contribution < 1.29 is 34.4 Å². The molecule has 0 aliphatic carbocycles. The Bertz CT molecular complexity index is 1210. The Kier molecular flexibility index (Phi) is 11.9. The first kappa shape index (κ1) is 33.8. The maximum atomic E-state index is 12.3. The van der Waals surface area contributed by atoms with E-state index in [0.717, 1.165) is 30.4 Å². The third kappa shape index (κ3) is 9.05. The summed E-state index contributed by atoms with van der Waals surface area (Å²) in [5, 5.41) is 30.9. The molecule has 1 unspecified atom stereocenters. The van der Waals surface area contributed by atoms with E-state index in [1.807, 2.05) is 19.1 Å². The van der Waals surface area contributed by atoms with Gasteiger partial charge in [-0.25, -0.2) is 4.79 Å². The summed E-state index contributed by atoms with van der Waals surface area (Å²) in [4.78, 5) is 34.4. The van der Waals surface area contributed by atoms with Gasteiger partial charge in [0.15, 0.2) is 6.61 Å². The molecule has 0 heterocycles. The van der Waals surface area contributed by atoms with Crippen molar-refractivity contribution in [1.82, 2.24) is 5.32 Å². The van der Waals surface area contributed by atoms with Crippen molar-refractivity contribution >= 4 is 17.8 Å². The molecule has 41 heavy (non-hydrogen) atoms. The van der Waals surface area contributed by atoms with Gasteiger partial charge in [-0.05, 0) is 85.3 Å². The molecular formula is C33H47NO7. The summed E-state index contributed by atoms with van der Waals surface area (Å²) in [5.74, 6) is -2.53. The minimum atomic E-state index is -1.29. The molecule has 2 aromatic rings. The predicted octanol–water partition coefficient (Wildman–Crippen LogP) is 5.56. The molecule has 2 aromatic carbocycles. The molecule has 0 bridgehead atoms. The first-order valence-corrected chi connectivity index (χ1v) is 14.4. The van der Waals surface area contributed by atoms with Crippen LogP contribution in [0.25, 0.3) is 0 Å². The minimum Gasteiger partial charge on any atom is -0.484 e. The third-order valence-electron chi connectivity index (χ3n) is 8.16. The van der Waals surface area contributed by atoms with Gasteiger partial charge in [-0.1, -0.05) is 65.0 Å². The summed E-state index contributed by atoms with van der Waals surface area (Å²) in [6, 6.07) is 11.3. The normalized spacial score (nSPS) is 13.4. The van der Waals surface area contributed by atoms with Crippen molar-refractivity contribution in [1.29, 1.82) is 0 Å². The summed E-state index contributed by atoms with van der Waals surface area (Å²) in [7, 11) is 0. The van der Waals surface area contributed by atoms with Gasteiger partial charge < -0.3 is 25.4 Å². The number of carbonyl (C=O) groups is 3. The van der Waals surface area contributed by atoms with Gasteiger partial charge in [-0.3, -0.25) is 9.59 Å². The van der Waals surface area contributed by atoms with Gasteiger partial charge in [0.1, 0.15) is 11.8 Å². The molecule has 0 saturated carbocycles. The van der Waals surface area contributed by atoms with Crippen molar-refractivity contribution in [3.63, 3.8) is 0 Å². The SMILES string of the molecule is CCC(CC)(c1ccc(CCC(O)C(C)(C)C)c(C)c1)c1ccc(OCC(=O)N[C@H](CCC(=O)O)C(=O)O)c(C)c1. The highest BCUT2D eigenvalue weighted by molar-refractivity contribution is 5.84. The van der Waals surface area contributed by atoms with Gasteiger partial charge in [0.05, 0.1) is 6.10 Å². The van der Waals surface area contributed by atoms with Crippen molar-refractivity contribution in [2.24, 2.45) is 5.41 Å². The Balaban J connectivity index is 2.19. The second-order valence-electron chi connectivity index (χ2n) is 12.0. The summed E-state index contributed by atoms with van der Waals surface area (Å²) in [6.45, 7) is 14.2. The van der Waals surface area contributed by atoms with Crippen LogP contribution in [0, 0.1) is 19.3 Å². The second kappa shape index (κ2) is 14.5. The topological polar surface area (TPSA) is 133 Å². The number of amides is 1. The van der Waals surface area contributed by atoms with Crippen LogP contribution in [-0.2, 0) is 26.2 Å². The van der Waals surface area contributed by atoms with Crippen molar-refractivity contribution in [2.45, 2.75) is 105 Å². The summed E-state index contributed by atoms with van der Waals surface area (Å²) in [5.41, 5.74) is 5.32. The zero-order valence-corrected chi connectivity index (χ0v) is 25.5. The number of carboxylic acids is 2. The molecule has 0 aromatic heterocycles. The van der Waals surface area contributed by atoms with E-state index in [9.17, 15) is 24.6 Å². The molecule has 4 N–H and O–H groups in total. The van der Waals surface area contributed by atoms with Crippen molar-refractivity contribution in [3.8, 4) is 5.75 Å². The van der Waals surface area contributed by atoms with Crippen LogP contribution >= 0.6 is 0 Å². The third-order valence-corrected chi connectivity index (χ3v) is 8.16. The number of aliphatic carboxylic acids is 2. The Morgan fingerprint density at radius 1 is 0.902 bits per heavy atom. The van der Waals surface area contributed by atoms with Crippen LogP contribution in [-0.4, -0.2) is 51.9 Å². The molecule has 0 radical (unpaired) electrons. The van der Waals surface area contributed by atoms with Crippen LogP contribution in [0.5, 0.6) is 5.75 Å². The Morgan fingerprint density at radius 3 is 1.98 bits per heavy atom. The largest absolute Gasteiger partial charge is 0.484 e. The molecule has 0 aliphatic heterocycles. The molecule has 2 atom stereocenters. The number of rotatable bonds is 15. The Hall–Kier alpha value is -3.39. The summed E-state index contributed by atoms with van der Waals surface area (Å²) >= 11 is 0. The van der Waals surface area contributed by atoms with E-state index in [0.29, 0.717) is 12.2 Å². The lowest BCUT2D eigenvalue weighted by Gasteiger charge is -2.34. The van der Waals surface area contributed by atoms with Crippen LogP contribution in [0.3, 0.4) is 0 Å². The number of aliphatic hydroxyl groups is 1. The quantitative estimate of drug-likeness (QED) is 0.221. The highest BCUT2D eigenvalue weighted by Crippen LogP contribution is 2.41. The van der Waals surface area contributed by atoms with E-state index in [4.69, 9.17) is 9.84 Å². The second-order valence-corrected chi connectivity index (χ2v) is 12.0. The lowest BCUT2D eigenvalue weighted by atomic mass is 9.69. The predicted molar refractivity (Wildman–Crippen MR) is 159 cm³/mol. The Morgan fingerprint density at radius 2 is 1.49 bits per heavy atom. The van der Waals surface area contributed by atoms with E-state index in [1.54, 1.807) is 0 Å². The molecular weight excluding hydrogens is 522 g/mol. The number of aliphatic hydroxyl groups excluding tert-OH is 1. The van der Waals surface area contributed by atoms with Gasteiger partial charge >= 0.3 is 11.9 Å². The van der Waals surface area contributed by atoms with Crippen LogP contribution in [0.2, 0.25) is 0 Å². The Labute approximate surface area is 244 Å². The fourth-order valence-corrected chi connectivity index (χ4v) is 5.25. The molecule has 8 heteroatoms. The highest BCUT2D eigenvalue weighted by Gasteiger charge is 2.32.